The lowest BCUT2D eigenvalue weighted by Gasteiger charge is -2.40. The molecule has 3 nitrogen and oxygen atoms in total. The molecule has 8 rings (SSSR count). The molecule has 190 valence electrons. The highest BCUT2D eigenvalue weighted by molar-refractivity contribution is 8.12. The van der Waals surface area contributed by atoms with Crippen molar-refractivity contribution in [3.05, 3.63) is 88.8 Å². The maximum Gasteiger partial charge on any atom is 0.105 e. The Hall–Kier alpha value is -3.02. The minimum atomic E-state index is 0.754. The number of fused-ring (bicyclic) bond motifs is 4. The Morgan fingerprint density at radius 2 is 1.76 bits per heavy atom. The third kappa shape index (κ3) is 4.56. The second kappa shape index (κ2) is 10.6. The van der Waals surface area contributed by atoms with Crippen molar-refractivity contribution in [2.45, 2.75) is 38.5 Å². The molecule has 0 bridgehead atoms. The van der Waals surface area contributed by atoms with Gasteiger partial charge in [-0.15, -0.1) is 16.9 Å². The topological polar surface area (TPSA) is 38.1 Å². The fraction of sp³-hybridized carbons (Fsp3) is 0.303. The molecular weight excluding hydrogens is 503 g/mol. The van der Waals surface area contributed by atoms with Crippen LogP contribution >= 0.6 is 23.3 Å². The van der Waals surface area contributed by atoms with Crippen LogP contribution in [-0.4, -0.2) is 27.4 Å². The van der Waals surface area contributed by atoms with E-state index in [0.717, 1.165) is 29.6 Å². The lowest BCUT2D eigenvalue weighted by molar-refractivity contribution is 0.227. The molecule has 0 saturated heterocycles. The standard InChI is InChI=1S/C30H26N2S.C3H5NS/c1-2-7-26-25(6-1)27-15-13-23-16-22(19-8-10-21(11-9-19)30-18-33-32-31-30)12-14-24(23)29(27)17-28(26)20-4-3-5-20;1-2-5-3-4-1/h1,6,8-16,18,20,28H,2-5,7,17H2;3H,1-2H2. The van der Waals surface area contributed by atoms with E-state index in [4.69, 9.17) is 0 Å². The molecular formula is C33H31N3S2. The Morgan fingerprint density at radius 1 is 0.895 bits per heavy atom. The quantitative estimate of drug-likeness (QED) is 0.264. The van der Waals surface area contributed by atoms with E-state index in [2.05, 4.69) is 81.3 Å². The molecule has 1 fully saturated rings. The fourth-order valence-electron chi connectivity index (χ4n) is 6.40. The van der Waals surface area contributed by atoms with Crippen LogP contribution in [0.4, 0.5) is 0 Å². The van der Waals surface area contributed by atoms with Gasteiger partial charge in [0.1, 0.15) is 5.69 Å². The first-order chi connectivity index (χ1) is 18.8. The number of allylic oxidation sites excluding steroid dienone is 4. The molecule has 0 N–H and O–H groups in total. The zero-order valence-corrected chi connectivity index (χ0v) is 23.1. The van der Waals surface area contributed by atoms with Gasteiger partial charge >= 0.3 is 0 Å². The third-order valence-corrected chi connectivity index (χ3v) is 9.81. The summed E-state index contributed by atoms with van der Waals surface area (Å²) in [7, 11) is 0. The summed E-state index contributed by atoms with van der Waals surface area (Å²) in [4.78, 5) is 3.92. The summed E-state index contributed by atoms with van der Waals surface area (Å²) < 4.78 is 3.98. The van der Waals surface area contributed by atoms with E-state index in [1.165, 1.54) is 88.8 Å². The maximum absolute atomic E-state index is 4.19. The van der Waals surface area contributed by atoms with E-state index in [1.54, 1.807) is 22.9 Å². The third-order valence-electron chi connectivity index (χ3n) is 8.58. The van der Waals surface area contributed by atoms with Gasteiger partial charge in [0.2, 0.25) is 0 Å². The molecule has 1 saturated carbocycles. The SMILES string of the molecule is C1=CC2=C(CC1)C(C1CCC1)Cc1c2ccc2cc(-c3ccc(-c4csnn4)cc3)ccc12.C1=NCCS1. The molecule has 1 unspecified atom stereocenters. The number of benzene rings is 3. The number of rotatable bonds is 3. The number of thioether (sulfide) groups is 1. The van der Waals surface area contributed by atoms with Crippen LogP contribution in [0.1, 0.15) is 43.2 Å². The Bertz CT molecular complexity index is 1540. The van der Waals surface area contributed by atoms with Gasteiger partial charge in [0.25, 0.3) is 0 Å². The van der Waals surface area contributed by atoms with Crippen LogP contribution in [0.15, 0.2) is 82.7 Å². The average Bonchev–Trinajstić information content (AvgIpc) is 3.70. The molecule has 1 aliphatic heterocycles. The molecule has 1 atom stereocenters. The van der Waals surface area contributed by atoms with Crippen LogP contribution in [0, 0.1) is 11.8 Å². The van der Waals surface area contributed by atoms with Crippen molar-refractivity contribution in [1.82, 2.24) is 9.59 Å². The van der Waals surface area contributed by atoms with Crippen LogP contribution in [0.2, 0.25) is 0 Å². The molecule has 3 aliphatic carbocycles. The fourth-order valence-corrected chi connectivity index (χ4v) is 7.39. The molecule has 2 heterocycles. The zero-order chi connectivity index (χ0) is 25.3. The van der Waals surface area contributed by atoms with Gasteiger partial charge in [-0.3, -0.25) is 4.99 Å². The minimum Gasteiger partial charge on any atom is -0.285 e. The lowest BCUT2D eigenvalue weighted by Crippen LogP contribution is -2.29. The summed E-state index contributed by atoms with van der Waals surface area (Å²) >= 11 is 3.18. The van der Waals surface area contributed by atoms with Crippen molar-refractivity contribution in [2.24, 2.45) is 16.8 Å². The molecule has 0 radical (unpaired) electrons. The van der Waals surface area contributed by atoms with Gasteiger partial charge in [-0.1, -0.05) is 77.2 Å². The second-order valence-corrected chi connectivity index (χ2v) is 12.2. The van der Waals surface area contributed by atoms with Crippen LogP contribution in [0.5, 0.6) is 0 Å². The van der Waals surface area contributed by atoms with Gasteiger partial charge in [0.15, 0.2) is 0 Å². The van der Waals surface area contributed by atoms with Crippen molar-refractivity contribution < 1.29 is 0 Å². The summed E-state index contributed by atoms with van der Waals surface area (Å²) in [5, 5.41) is 8.98. The van der Waals surface area contributed by atoms with Crippen molar-refractivity contribution in [3.63, 3.8) is 0 Å². The van der Waals surface area contributed by atoms with Gasteiger partial charge in [0, 0.05) is 23.2 Å². The van der Waals surface area contributed by atoms with E-state index in [1.807, 2.05) is 10.9 Å². The highest BCUT2D eigenvalue weighted by Crippen LogP contribution is 2.49. The van der Waals surface area contributed by atoms with E-state index in [9.17, 15) is 0 Å². The average molecular weight is 534 g/mol. The van der Waals surface area contributed by atoms with E-state index in [-0.39, 0.29) is 0 Å². The number of aliphatic imine (C=N–C) groups is 1. The Balaban J connectivity index is 0.000000437. The molecule has 0 amide bonds. The highest BCUT2D eigenvalue weighted by Gasteiger charge is 2.35. The Morgan fingerprint density at radius 3 is 2.47 bits per heavy atom. The Kier molecular flexibility index (Phi) is 6.72. The van der Waals surface area contributed by atoms with Gasteiger partial charge in [-0.05, 0) is 100 Å². The van der Waals surface area contributed by atoms with E-state index < -0.39 is 0 Å². The maximum atomic E-state index is 4.19. The summed E-state index contributed by atoms with van der Waals surface area (Å²) in [6, 6.07) is 20.5. The smallest absolute Gasteiger partial charge is 0.105 e. The number of hydrogen-bond acceptors (Lipinski definition) is 5. The van der Waals surface area contributed by atoms with Crippen molar-refractivity contribution in [3.8, 4) is 22.4 Å². The second-order valence-electron chi connectivity index (χ2n) is 10.7. The molecule has 3 aromatic carbocycles. The monoisotopic (exact) mass is 533 g/mol. The largest absolute Gasteiger partial charge is 0.285 e. The predicted molar refractivity (Wildman–Crippen MR) is 164 cm³/mol. The van der Waals surface area contributed by atoms with E-state index in [0.29, 0.717) is 0 Å². The van der Waals surface area contributed by atoms with Crippen LogP contribution in [-0.2, 0) is 6.42 Å². The normalized spacial score (nSPS) is 20.1. The van der Waals surface area contributed by atoms with Gasteiger partial charge in [-0.2, -0.15) is 0 Å². The van der Waals surface area contributed by atoms with Gasteiger partial charge < -0.3 is 0 Å². The molecule has 38 heavy (non-hydrogen) atoms. The van der Waals surface area contributed by atoms with Crippen LogP contribution in [0.3, 0.4) is 0 Å². The summed E-state index contributed by atoms with van der Waals surface area (Å²) in [5.74, 6) is 2.85. The van der Waals surface area contributed by atoms with Crippen molar-refractivity contribution in [1.29, 1.82) is 0 Å². The van der Waals surface area contributed by atoms with E-state index >= 15 is 0 Å². The Labute approximate surface area is 233 Å². The lowest BCUT2D eigenvalue weighted by atomic mass is 9.64. The summed E-state index contributed by atoms with van der Waals surface area (Å²) in [6.07, 6.45) is 12.8. The van der Waals surface area contributed by atoms with Crippen molar-refractivity contribution >= 4 is 45.2 Å². The summed E-state index contributed by atoms with van der Waals surface area (Å²) in [6.45, 7) is 1.03. The number of hydrogen-bond donors (Lipinski definition) is 0. The summed E-state index contributed by atoms with van der Waals surface area (Å²) in [5.41, 5.74) is 12.8. The van der Waals surface area contributed by atoms with Gasteiger partial charge in [-0.25, -0.2) is 0 Å². The minimum absolute atomic E-state index is 0.754. The van der Waals surface area contributed by atoms with Gasteiger partial charge in [0.05, 0.1) is 5.55 Å². The molecule has 5 heteroatoms. The molecule has 1 aromatic heterocycles. The zero-order valence-electron chi connectivity index (χ0n) is 21.5. The molecule has 4 aliphatic rings. The predicted octanol–water partition coefficient (Wildman–Crippen LogP) is 8.86. The first kappa shape index (κ1) is 24.1. The first-order valence-corrected chi connectivity index (χ1v) is 15.7. The van der Waals surface area contributed by atoms with Crippen LogP contribution < -0.4 is 0 Å². The van der Waals surface area contributed by atoms with Crippen molar-refractivity contribution in [2.75, 3.05) is 12.3 Å². The highest BCUT2D eigenvalue weighted by atomic mass is 32.2. The molecule has 4 aromatic rings. The number of nitrogens with zero attached hydrogens (tertiary/aromatic N) is 3. The number of aromatic nitrogens is 2. The molecule has 0 spiro atoms. The van der Waals surface area contributed by atoms with Crippen LogP contribution in [0.25, 0.3) is 38.7 Å². The first-order valence-electron chi connectivity index (χ1n) is 13.8.